The second kappa shape index (κ2) is 10.2. The highest BCUT2D eigenvalue weighted by Gasteiger charge is 2.33. The van der Waals surface area contributed by atoms with Crippen LogP contribution in [0.3, 0.4) is 0 Å². The Morgan fingerprint density at radius 1 is 0.811 bits per heavy atom. The van der Waals surface area contributed by atoms with Gasteiger partial charge in [-0.15, -0.1) is 0 Å². The molecule has 0 atom stereocenters. The van der Waals surface area contributed by atoms with Crippen LogP contribution in [-0.4, -0.2) is 11.9 Å². The lowest BCUT2D eigenvalue weighted by molar-refractivity contribution is -0.136. The maximum atomic E-state index is 13.7. The number of carbonyl (C=O) groups excluding carboxylic acids is 2. The number of amides is 3. The smallest absolute Gasteiger partial charge is 0.417 e. The Morgan fingerprint density at radius 3 is 2.00 bits per heavy atom. The number of benzene rings is 4. The second-order valence-corrected chi connectivity index (χ2v) is 8.34. The lowest BCUT2D eigenvalue weighted by Gasteiger charge is -2.16. The van der Waals surface area contributed by atoms with E-state index < -0.39 is 40.9 Å². The van der Waals surface area contributed by atoms with E-state index in [1.54, 1.807) is 11.4 Å². The van der Waals surface area contributed by atoms with Crippen LogP contribution in [0.1, 0.15) is 15.9 Å². The van der Waals surface area contributed by atoms with Crippen LogP contribution < -0.4 is 15.4 Å². The molecule has 0 heterocycles. The molecule has 3 amide bonds. The number of hydrogen-bond donors (Lipinski definition) is 2. The Hall–Kier alpha value is -3.89. The highest BCUT2D eigenvalue weighted by Crippen LogP contribution is 2.43. The zero-order valence-electron chi connectivity index (χ0n) is 18.2. The number of rotatable bonds is 4. The Kier molecular flexibility index (Phi) is 7.24. The first-order valence-electron chi connectivity index (χ1n) is 10.3. The van der Waals surface area contributed by atoms with Gasteiger partial charge >= 0.3 is 12.2 Å². The molecule has 2 N–H and O–H groups in total. The van der Waals surface area contributed by atoms with Gasteiger partial charge in [0.25, 0.3) is 5.91 Å². The predicted molar refractivity (Wildman–Crippen MR) is 128 cm³/mol. The molecule has 190 valence electrons. The van der Waals surface area contributed by atoms with E-state index in [0.717, 1.165) is 30.3 Å². The molecule has 0 aromatic heterocycles. The van der Waals surface area contributed by atoms with Gasteiger partial charge in [-0.2, -0.15) is 13.2 Å². The number of ether oxygens (including phenoxy) is 1. The van der Waals surface area contributed by atoms with Gasteiger partial charge in [-0.3, -0.25) is 10.1 Å². The van der Waals surface area contributed by atoms with Crippen molar-refractivity contribution in [1.82, 2.24) is 5.32 Å². The van der Waals surface area contributed by atoms with Crippen LogP contribution in [0.5, 0.6) is 11.5 Å². The van der Waals surface area contributed by atoms with Crippen molar-refractivity contribution in [3.05, 3.63) is 99.5 Å². The van der Waals surface area contributed by atoms with Crippen molar-refractivity contribution in [3.63, 3.8) is 0 Å². The quantitative estimate of drug-likeness (QED) is 0.250. The maximum absolute atomic E-state index is 13.7. The van der Waals surface area contributed by atoms with Crippen LogP contribution in [0.25, 0.3) is 10.8 Å². The molecule has 0 saturated carbocycles. The molecule has 0 spiro atoms. The number of anilines is 1. The molecule has 5 nitrogen and oxygen atoms in total. The first-order chi connectivity index (χ1) is 17.5. The van der Waals surface area contributed by atoms with Gasteiger partial charge in [0.05, 0.1) is 15.6 Å². The van der Waals surface area contributed by atoms with Crippen molar-refractivity contribution < 1.29 is 36.3 Å². The van der Waals surface area contributed by atoms with E-state index in [1.165, 1.54) is 30.3 Å². The Bertz CT molecular complexity index is 1500. The molecule has 4 aromatic carbocycles. The first-order valence-corrected chi connectivity index (χ1v) is 11.0. The fourth-order valence-electron chi connectivity index (χ4n) is 3.49. The minimum atomic E-state index is -4.58. The average Bonchev–Trinajstić information content (AvgIpc) is 2.80. The van der Waals surface area contributed by atoms with Crippen molar-refractivity contribution >= 4 is 51.6 Å². The lowest BCUT2D eigenvalue weighted by atomic mass is 10.0. The number of imide groups is 1. The zero-order chi connectivity index (χ0) is 26.9. The molecular formula is C25H13Cl2F5N2O3. The van der Waals surface area contributed by atoms with E-state index in [9.17, 15) is 31.5 Å². The van der Waals surface area contributed by atoms with Crippen LogP contribution >= 0.6 is 23.2 Å². The molecular weight excluding hydrogens is 542 g/mol. The van der Waals surface area contributed by atoms with Crippen molar-refractivity contribution in [2.45, 2.75) is 6.18 Å². The largest absolute Gasteiger partial charge is 0.454 e. The summed E-state index contributed by atoms with van der Waals surface area (Å²) in [6, 6.07) is 11.8. The average molecular weight is 555 g/mol. The molecule has 4 rings (SSSR count). The van der Waals surface area contributed by atoms with Crippen molar-refractivity contribution in [1.29, 1.82) is 0 Å². The summed E-state index contributed by atoms with van der Waals surface area (Å²) < 4.78 is 73.4. The molecule has 0 fully saturated rings. The third-order valence-corrected chi connectivity index (χ3v) is 5.64. The van der Waals surface area contributed by atoms with Gasteiger partial charge in [-0.1, -0.05) is 53.5 Å². The van der Waals surface area contributed by atoms with Gasteiger partial charge in [-0.05, 0) is 41.8 Å². The number of carbonyl (C=O) groups is 2. The van der Waals surface area contributed by atoms with Crippen LogP contribution in [0, 0.1) is 11.6 Å². The normalized spacial score (nSPS) is 11.3. The van der Waals surface area contributed by atoms with Crippen LogP contribution in [0.2, 0.25) is 10.0 Å². The van der Waals surface area contributed by atoms with Gasteiger partial charge < -0.3 is 10.1 Å². The molecule has 0 aliphatic heterocycles. The molecule has 0 unspecified atom stereocenters. The molecule has 12 heteroatoms. The van der Waals surface area contributed by atoms with E-state index in [4.69, 9.17) is 27.9 Å². The third kappa shape index (κ3) is 5.60. The summed E-state index contributed by atoms with van der Waals surface area (Å²) in [4.78, 5) is 24.3. The van der Waals surface area contributed by atoms with Crippen molar-refractivity contribution in [3.8, 4) is 11.5 Å². The standard InChI is InChI=1S/C25H13Cl2F5N2O3/c26-16-10-12(33-24(36)34-23(35)21-18(28)6-3-7-19(21)29)11-17(27)22(16)37-20-9-8-15(25(30,31)32)13-4-1-2-5-14(13)20/h1-11H,(H2,33,34,35,36). The minimum absolute atomic E-state index is 0.0149. The fraction of sp³-hybridized carbons (Fsp3) is 0.0400. The fourth-order valence-corrected chi connectivity index (χ4v) is 4.05. The van der Waals surface area contributed by atoms with Gasteiger partial charge in [0.2, 0.25) is 0 Å². The molecule has 0 radical (unpaired) electrons. The highest BCUT2D eigenvalue weighted by atomic mass is 35.5. The Labute approximate surface area is 215 Å². The summed E-state index contributed by atoms with van der Waals surface area (Å²) in [6.45, 7) is 0. The highest BCUT2D eigenvalue weighted by molar-refractivity contribution is 6.37. The lowest BCUT2D eigenvalue weighted by Crippen LogP contribution is -2.35. The SMILES string of the molecule is O=C(NC(=O)c1c(F)cccc1F)Nc1cc(Cl)c(Oc2ccc(C(F)(F)F)c3ccccc23)c(Cl)c1. The summed E-state index contributed by atoms with van der Waals surface area (Å²) in [6.07, 6.45) is -4.58. The van der Waals surface area contributed by atoms with E-state index in [0.29, 0.717) is 0 Å². The van der Waals surface area contributed by atoms with E-state index in [1.807, 2.05) is 0 Å². The number of fused-ring (bicyclic) bond motifs is 1. The van der Waals surface area contributed by atoms with Gasteiger partial charge in [0.15, 0.2) is 5.75 Å². The van der Waals surface area contributed by atoms with Gasteiger partial charge in [-0.25, -0.2) is 13.6 Å². The zero-order valence-corrected chi connectivity index (χ0v) is 19.7. The van der Waals surface area contributed by atoms with Gasteiger partial charge in [0.1, 0.15) is 22.9 Å². The summed E-state index contributed by atoms with van der Waals surface area (Å²) >= 11 is 12.5. The predicted octanol–water partition coefficient (Wildman–Crippen LogP) is 8.20. The minimum Gasteiger partial charge on any atom is -0.454 e. The first kappa shape index (κ1) is 26.2. The molecule has 0 bridgehead atoms. The molecule has 37 heavy (non-hydrogen) atoms. The summed E-state index contributed by atoms with van der Waals surface area (Å²) in [5.41, 5.74) is -1.80. The second-order valence-electron chi connectivity index (χ2n) is 7.53. The number of alkyl halides is 3. The number of halogens is 7. The van der Waals surface area contributed by atoms with E-state index >= 15 is 0 Å². The number of nitrogens with one attached hydrogen (secondary N) is 2. The third-order valence-electron chi connectivity index (χ3n) is 5.07. The number of hydrogen-bond acceptors (Lipinski definition) is 3. The topological polar surface area (TPSA) is 67.4 Å². The maximum Gasteiger partial charge on any atom is 0.417 e. The van der Waals surface area contributed by atoms with Crippen LogP contribution in [-0.2, 0) is 6.18 Å². The summed E-state index contributed by atoms with van der Waals surface area (Å²) in [7, 11) is 0. The molecule has 0 saturated heterocycles. The van der Waals surface area contributed by atoms with Gasteiger partial charge in [0, 0.05) is 11.1 Å². The molecule has 0 aliphatic rings. The van der Waals surface area contributed by atoms with Crippen molar-refractivity contribution in [2.75, 3.05) is 5.32 Å². The number of urea groups is 1. The molecule has 0 aliphatic carbocycles. The van der Waals surface area contributed by atoms with Crippen LogP contribution in [0.4, 0.5) is 32.4 Å². The monoisotopic (exact) mass is 554 g/mol. The van der Waals surface area contributed by atoms with E-state index in [2.05, 4.69) is 5.32 Å². The summed E-state index contributed by atoms with van der Waals surface area (Å²) in [5.74, 6) is -3.70. The van der Waals surface area contributed by atoms with Crippen LogP contribution in [0.15, 0.2) is 66.7 Å². The van der Waals surface area contributed by atoms with E-state index in [-0.39, 0.29) is 38.0 Å². The Balaban J connectivity index is 1.56. The summed E-state index contributed by atoms with van der Waals surface area (Å²) in [5, 5.41) is 3.83. The Morgan fingerprint density at radius 2 is 1.41 bits per heavy atom. The van der Waals surface area contributed by atoms with Crippen molar-refractivity contribution in [2.24, 2.45) is 0 Å². The molecule has 4 aromatic rings.